The van der Waals surface area contributed by atoms with Crippen molar-refractivity contribution in [3.8, 4) is 0 Å². The van der Waals surface area contributed by atoms with Crippen LogP contribution in [0.15, 0.2) is 18.2 Å². The van der Waals surface area contributed by atoms with Gasteiger partial charge in [-0.3, -0.25) is 9.00 Å². The van der Waals surface area contributed by atoms with E-state index in [2.05, 4.69) is 10.3 Å². The molecule has 1 N–H and O–H groups in total. The first-order valence-electron chi connectivity index (χ1n) is 6.06. The third-order valence-electron chi connectivity index (χ3n) is 2.79. The molecule has 1 aromatic heterocycles. The maximum atomic E-state index is 12.2. The lowest BCUT2D eigenvalue weighted by atomic mass is 10.3. The van der Waals surface area contributed by atoms with Crippen molar-refractivity contribution < 1.29 is 9.00 Å². The van der Waals surface area contributed by atoms with Gasteiger partial charge in [-0.25, -0.2) is 4.98 Å². The average Bonchev–Trinajstić information content (AvgIpc) is 2.39. The highest BCUT2D eigenvalue weighted by atomic mass is 32.2. The molecule has 6 heteroatoms. The highest BCUT2D eigenvalue weighted by Gasteiger charge is 2.22. The summed E-state index contributed by atoms with van der Waals surface area (Å²) in [6, 6.07) is 5.38. The average molecular weight is 267 g/mol. The molecule has 0 aromatic carbocycles. The summed E-state index contributed by atoms with van der Waals surface area (Å²) >= 11 is 0. The van der Waals surface area contributed by atoms with Crippen LogP contribution in [0.4, 0.5) is 5.82 Å². The van der Waals surface area contributed by atoms with Crippen molar-refractivity contribution in [3.63, 3.8) is 0 Å². The summed E-state index contributed by atoms with van der Waals surface area (Å²) in [6.07, 6.45) is 0. The number of carbonyl (C=O) groups excluding carboxylic acids is 1. The van der Waals surface area contributed by atoms with Crippen LogP contribution in [0.25, 0.3) is 0 Å². The van der Waals surface area contributed by atoms with Crippen molar-refractivity contribution in [2.75, 3.05) is 36.5 Å². The largest absolute Gasteiger partial charge is 0.370 e. The molecule has 18 heavy (non-hydrogen) atoms. The summed E-state index contributed by atoms with van der Waals surface area (Å²) in [7, 11) is -0.768. The Balaban J connectivity index is 2.08. The van der Waals surface area contributed by atoms with Gasteiger partial charge in [0, 0.05) is 41.9 Å². The molecule has 2 rings (SSSR count). The van der Waals surface area contributed by atoms with Gasteiger partial charge in [-0.05, 0) is 19.1 Å². The summed E-state index contributed by atoms with van der Waals surface area (Å²) in [5.74, 6) is 1.77. The summed E-state index contributed by atoms with van der Waals surface area (Å²) in [5.41, 5.74) is 0.445. The molecule has 1 fully saturated rings. The normalized spacial score (nSPS) is 16.6. The Bertz CT molecular complexity index is 454. The molecule has 0 bridgehead atoms. The van der Waals surface area contributed by atoms with Crippen molar-refractivity contribution >= 4 is 22.5 Å². The van der Waals surface area contributed by atoms with Crippen LogP contribution in [0.1, 0.15) is 17.4 Å². The molecule has 1 saturated heterocycles. The molecule has 0 aliphatic carbocycles. The van der Waals surface area contributed by atoms with Crippen LogP contribution in [0.2, 0.25) is 0 Å². The van der Waals surface area contributed by atoms with Gasteiger partial charge < -0.3 is 10.2 Å². The molecule has 98 valence electrons. The second-order valence-corrected chi connectivity index (χ2v) is 5.77. The zero-order chi connectivity index (χ0) is 13.0. The Hall–Kier alpha value is -1.43. The predicted octanol–water partition coefficient (Wildman–Crippen LogP) is 0.718. The number of aromatic nitrogens is 1. The Kier molecular flexibility index (Phi) is 4.30. The summed E-state index contributed by atoms with van der Waals surface area (Å²) in [5, 5.41) is 3.08. The molecule has 5 nitrogen and oxygen atoms in total. The molecule has 1 amide bonds. The van der Waals surface area contributed by atoms with Crippen molar-refractivity contribution in [2.24, 2.45) is 0 Å². The number of nitrogens with zero attached hydrogens (tertiary/aromatic N) is 2. The lowest BCUT2D eigenvalue weighted by molar-refractivity contribution is 0.0765. The molecule has 1 aliphatic heterocycles. The summed E-state index contributed by atoms with van der Waals surface area (Å²) in [6.45, 7) is 3.86. The molecular weight excluding hydrogens is 250 g/mol. The van der Waals surface area contributed by atoms with Crippen LogP contribution in [-0.2, 0) is 10.8 Å². The number of nitrogens with one attached hydrogen (secondary N) is 1. The zero-order valence-corrected chi connectivity index (χ0v) is 11.2. The Morgan fingerprint density at radius 3 is 2.83 bits per heavy atom. The predicted molar refractivity (Wildman–Crippen MR) is 72.2 cm³/mol. The molecule has 1 aromatic rings. The van der Waals surface area contributed by atoms with Crippen molar-refractivity contribution in [2.45, 2.75) is 6.92 Å². The van der Waals surface area contributed by atoms with E-state index in [1.807, 2.05) is 19.1 Å². The third kappa shape index (κ3) is 3.07. The zero-order valence-electron chi connectivity index (χ0n) is 10.4. The fourth-order valence-corrected chi connectivity index (χ4v) is 2.89. The van der Waals surface area contributed by atoms with E-state index in [-0.39, 0.29) is 5.91 Å². The second kappa shape index (κ2) is 5.95. The van der Waals surface area contributed by atoms with Gasteiger partial charge >= 0.3 is 0 Å². The first-order chi connectivity index (χ1) is 8.70. The molecule has 0 saturated carbocycles. The monoisotopic (exact) mass is 267 g/mol. The molecule has 0 atom stereocenters. The van der Waals surface area contributed by atoms with Crippen LogP contribution in [-0.4, -0.2) is 51.1 Å². The van der Waals surface area contributed by atoms with Gasteiger partial charge in [-0.15, -0.1) is 0 Å². The smallest absolute Gasteiger partial charge is 0.272 e. The number of hydrogen-bond acceptors (Lipinski definition) is 4. The van der Waals surface area contributed by atoms with Crippen molar-refractivity contribution in [3.05, 3.63) is 23.9 Å². The van der Waals surface area contributed by atoms with E-state index < -0.39 is 10.8 Å². The number of hydrogen-bond donors (Lipinski definition) is 1. The first-order valence-corrected chi connectivity index (χ1v) is 7.54. The number of carbonyl (C=O) groups is 1. The Morgan fingerprint density at radius 1 is 1.44 bits per heavy atom. The molecule has 0 radical (unpaired) electrons. The molecular formula is C12H17N3O2S. The number of amides is 1. The Labute approximate surface area is 109 Å². The van der Waals surface area contributed by atoms with E-state index in [0.29, 0.717) is 36.1 Å². The van der Waals surface area contributed by atoms with E-state index in [9.17, 15) is 9.00 Å². The highest BCUT2D eigenvalue weighted by molar-refractivity contribution is 7.85. The standard InChI is InChI=1S/C12H17N3O2S/c1-2-13-11-5-3-4-10(14-11)12(16)15-6-8-18(17)9-7-15/h3-5H,2,6-9H2,1H3,(H,13,14). The van der Waals surface area contributed by atoms with E-state index in [1.165, 1.54) is 0 Å². The van der Waals surface area contributed by atoms with Gasteiger partial charge in [0.2, 0.25) is 0 Å². The molecule has 0 unspecified atom stereocenters. The van der Waals surface area contributed by atoms with Crippen molar-refractivity contribution in [1.29, 1.82) is 0 Å². The van der Waals surface area contributed by atoms with Gasteiger partial charge in [0.25, 0.3) is 5.91 Å². The number of pyridine rings is 1. The molecule has 2 heterocycles. The van der Waals surface area contributed by atoms with Gasteiger partial charge in [0.15, 0.2) is 0 Å². The van der Waals surface area contributed by atoms with Gasteiger partial charge in [-0.2, -0.15) is 0 Å². The highest BCUT2D eigenvalue weighted by Crippen LogP contribution is 2.09. The second-order valence-electron chi connectivity index (χ2n) is 4.08. The minimum atomic E-state index is -0.768. The van der Waals surface area contributed by atoms with E-state index >= 15 is 0 Å². The minimum Gasteiger partial charge on any atom is -0.370 e. The maximum Gasteiger partial charge on any atom is 0.272 e. The number of anilines is 1. The maximum absolute atomic E-state index is 12.2. The quantitative estimate of drug-likeness (QED) is 0.876. The summed E-state index contributed by atoms with van der Waals surface area (Å²) < 4.78 is 11.3. The van der Waals surface area contributed by atoms with E-state index in [0.717, 1.165) is 6.54 Å². The van der Waals surface area contributed by atoms with E-state index in [4.69, 9.17) is 0 Å². The fourth-order valence-electron chi connectivity index (χ4n) is 1.84. The first kappa shape index (κ1) is 13.0. The van der Waals surface area contributed by atoms with Gasteiger partial charge in [0.05, 0.1) is 0 Å². The SMILES string of the molecule is CCNc1cccc(C(=O)N2CCS(=O)CC2)n1. The minimum absolute atomic E-state index is 0.0774. The van der Waals surface area contributed by atoms with Gasteiger partial charge in [0.1, 0.15) is 11.5 Å². The van der Waals surface area contributed by atoms with Crippen LogP contribution in [0.3, 0.4) is 0 Å². The van der Waals surface area contributed by atoms with Crippen LogP contribution >= 0.6 is 0 Å². The molecule has 0 spiro atoms. The van der Waals surface area contributed by atoms with Crippen LogP contribution in [0.5, 0.6) is 0 Å². The molecule has 1 aliphatic rings. The topological polar surface area (TPSA) is 62.3 Å². The van der Waals surface area contributed by atoms with Crippen molar-refractivity contribution in [1.82, 2.24) is 9.88 Å². The van der Waals surface area contributed by atoms with Crippen LogP contribution in [0, 0.1) is 0 Å². The van der Waals surface area contributed by atoms with Crippen LogP contribution < -0.4 is 5.32 Å². The fraction of sp³-hybridized carbons (Fsp3) is 0.500. The lowest BCUT2D eigenvalue weighted by Gasteiger charge is -2.26. The third-order valence-corrected chi connectivity index (χ3v) is 4.07. The van der Waals surface area contributed by atoms with Gasteiger partial charge in [-0.1, -0.05) is 6.07 Å². The summed E-state index contributed by atoms with van der Waals surface area (Å²) in [4.78, 5) is 18.2. The Morgan fingerprint density at radius 2 is 2.17 bits per heavy atom. The number of rotatable bonds is 3. The van der Waals surface area contributed by atoms with E-state index in [1.54, 1.807) is 11.0 Å². The lowest BCUT2D eigenvalue weighted by Crippen LogP contribution is -2.42.